The van der Waals surface area contributed by atoms with Crippen molar-refractivity contribution in [2.24, 2.45) is 11.8 Å². The van der Waals surface area contributed by atoms with E-state index in [-0.39, 0.29) is 50.0 Å². The first kappa shape index (κ1) is 15.3. The van der Waals surface area contributed by atoms with E-state index in [0.717, 1.165) is 12.8 Å². The van der Waals surface area contributed by atoms with E-state index in [4.69, 9.17) is 10.2 Å². The van der Waals surface area contributed by atoms with Gasteiger partial charge >= 0.3 is 0 Å². The van der Waals surface area contributed by atoms with Crippen LogP contribution in [0.3, 0.4) is 0 Å². The van der Waals surface area contributed by atoms with Gasteiger partial charge in [-0.1, -0.05) is 0 Å². The normalized spacial score (nSPS) is 20.0. The van der Waals surface area contributed by atoms with Crippen molar-refractivity contribution in [3.8, 4) is 0 Å². The SMILES string of the molecule is O=C(C1CCN(C(=O)C2CC2)CC1)N(CCO)CCO. The summed E-state index contributed by atoms with van der Waals surface area (Å²) in [6.45, 7) is 1.65. The zero-order valence-corrected chi connectivity index (χ0v) is 11.8. The molecule has 114 valence electrons. The monoisotopic (exact) mass is 284 g/mol. The molecule has 6 nitrogen and oxygen atoms in total. The highest BCUT2D eigenvalue weighted by atomic mass is 16.3. The third-order valence-corrected chi connectivity index (χ3v) is 4.13. The molecule has 20 heavy (non-hydrogen) atoms. The van der Waals surface area contributed by atoms with Crippen molar-refractivity contribution in [1.29, 1.82) is 0 Å². The lowest BCUT2D eigenvalue weighted by atomic mass is 9.95. The minimum absolute atomic E-state index is 0.00776. The van der Waals surface area contributed by atoms with Crippen LogP contribution in [0, 0.1) is 11.8 Å². The minimum atomic E-state index is -0.0925. The van der Waals surface area contributed by atoms with Crippen molar-refractivity contribution in [2.75, 3.05) is 39.4 Å². The quantitative estimate of drug-likeness (QED) is 0.685. The van der Waals surface area contributed by atoms with Crippen LogP contribution in [-0.2, 0) is 9.59 Å². The number of carbonyl (C=O) groups is 2. The fourth-order valence-corrected chi connectivity index (χ4v) is 2.77. The van der Waals surface area contributed by atoms with Crippen molar-refractivity contribution < 1.29 is 19.8 Å². The van der Waals surface area contributed by atoms with Crippen LogP contribution < -0.4 is 0 Å². The second-order valence-corrected chi connectivity index (χ2v) is 5.65. The molecule has 1 aliphatic carbocycles. The molecule has 0 aromatic rings. The van der Waals surface area contributed by atoms with Crippen molar-refractivity contribution in [1.82, 2.24) is 9.80 Å². The van der Waals surface area contributed by atoms with Crippen LogP contribution in [0.4, 0.5) is 0 Å². The fraction of sp³-hybridized carbons (Fsp3) is 0.857. The maximum atomic E-state index is 12.3. The smallest absolute Gasteiger partial charge is 0.225 e. The number of nitrogens with zero attached hydrogens (tertiary/aromatic N) is 2. The molecule has 1 aliphatic heterocycles. The predicted octanol–water partition coefficient (Wildman–Crippen LogP) is -0.552. The molecule has 1 heterocycles. The van der Waals surface area contributed by atoms with Gasteiger partial charge in [0, 0.05) is 38.0 Å². The molecule has 0 aromatic heterocycles. The predicted molar refractivity (Wildman–Crippen MR) is 72.8 cm³/mol. The molecule has 6 heteroatoms. The highest BCUT2D eigenvalue weighted by Gasteiger charge is 2.36. The number of piperidine rings is 1. The number of likely N-dealkylation sites (tertiary alicyclic amines) is 1. The Kier molecular flexibility index (Phi) is 5.37. The van der Waals surface area contributed by atoms with E-state index in [1.807, 2.05) is 4.90 Å². The first-order valence-electron chi connectivity index (χ1n) is 7.46. The zero-order chi connectivity index (χ0) is 14.5. The molecule has 0 aromatic carbocycles. The minimum Gasteiger partial charge on any atom is -0.395 e. The third-order valence-electron chi connectivity index (χ3n) is 4.13. The number of rotatable bonds is 6. The van der Waals surface area contributed by atoms with Gasteiger partial charge < -0.3 is 20.0 Å². The molecule has 1 saturated heterocycles. The summed E-state index contributed by atoms with van der Waals surface area (Å²) in [5.74, 6) is 0.393. The third kappa shape index (κ3) is 3.70. The number of hydrogen-bond donors (Lipinski definition) is 2. The Morgan fingerprint density at radius 1 is 0.950 bits per heavy atom. The van der Waals surface area contributed by atoms with Crippen LogP contribution in [0.25, 0.3) is 0 Å². The van der Waals surface area contributed by atoms with Crippen molar-refractivity contribution in [2.45, 2.75) is 25.7 Å². The molecule has 1 saturated carbocycles. The molecule has 0 unspecified atom stereocenters. The van der Waals surface area contributed by atoms with Gasteiger partial charge in [0.25, 0.3) is 0 Å². The van der Waals surface area contributed by atoms with E-state index in [1.165, 1.54) is 4.90 Å². The molecule has 2 aliphatic rings. The molecule has 2 rings (SSSR count). The first-order chi connectivity index (χ1) is 9.67. The van der Waals surface area contributed by atoms with Gasteiger partial charge in [0.15, 0.2) is 0 Å². The van der Waals surface area contributed by atoms with E-state index < -0.39 is 0 Å². The number of aliphatic hydroxyl groups excluding tert-OH is 2. The Bertz CT molecular complexity index is 343. The van der Waals surface area contributed by atoms with E-state index in [2.05, 4.69) is 0 Å². The van der Waals surface area contributed by atoms with Crippen molar-refractivity contribution in [3.63, 3.8) is 0 Å². The molecule has 2 amide bonds. The van der Waals surface area contributed by atoms with Crippen molar-refractivity contribution >= 4 is 11.8 Å². The van der Waals surface area contributed by atoms with E-state index in [0.29, 0.717) is 25.9 Å². The molecule has 0 atom stereocenters. The number of aliphatic hydroxyl groups is 2. The fourth-order valence-electron chi connectivity index (χ4n) is 2.77. The standard InChI is InChI=1S/C14H24N2O4/c17-9-7-16(8-10-18)14(20)12-3-5-15(6-4-12)13(19)11-1-2-11/h11-12,17-18H,1-10H2. The Hall–Kier alpha value is -1.14. The van der Waals surface area contributed by atoms with Gasteiger partial charge in [-0.25, -0.2) is 0 Å². The van der Waals surface area contributed by atoms with Gasteiger partial charge in [-0.15, -0.1) is 0 Å². The maximum absolute atomic E-state index is 12.3. The van der Waals surface area contributed by atoms with Crippen LogP contribution in [0.2, 0.25) is 0 Å². The lowest BCUT2D eigenvalue weighted by Crippen LogP contribution is -2.46. The molecule has 0 bridgehead atoms. The van der Waals surface area contributed by atoms with Gasteiger partial charge in [-0.3, -0.25) is 9.59 Å². The number of carbonyl (C=O) groups excluding carboxylic acids is 2. The lowest BCUT2D eigenvalue weighted by molar-refractivity contribution is -0.141. The molecule has 0 radical (unpaired) electrons. The van der Waals surface area contributed by atoms with Gasteiger partial charge in [0.1, 0.15) is 0 Å². The topological polar surface area (TPSA) is 81.1 Å². The molecule has 2 fully saturated rings. The zero-order valence-electron chi connectivity index (χ0n) is 11.8. The summed E-state index contributed by atoms with van der Waals surface area (Å²) in [6, 6.07) is 0. The summed E-state index contributed by atoms with van der Waals surface area (Å²) in [4.78, 5) is 27.6. The largest absolute Gasteiger partial charge is 0.395 e. The van der Waals surface area contributed by atoms with E-state index in [9.17, 15) is 9.59 Å². The summed E-state index contributed by atoms with van der Waals surface area (Å²) < 4.78 is 0. The Morgan fingerprint density at radius 2 is 1.50 bits per heavy atom. The van der Waals surface area contributed by atoms with Gasteiger partial charge in [-0.2, -0.15) is 0 Å². The second-order valence-electron chi connectivity index (χ2n) is 5.65. The van der Waals surface area contributed by atoms with Gasteiger partial charge in [0.05, 0.1) is 13.2 Å². The van der Waals surface area contributed by atoms with Crippen LogP contribution in [-0.4, -0.2) is 71.2 Å². The Balaban J connectivity index is 1.82. The van der Waals surface area contributed by atoms with Gasteiger partial charge in [-0.05, 0) is 25.7 Å². The van der Waals surface area contributed by atoms with Crippen LogP contribution in [0.15, 0.2) is 0 Å². The summed E-state index contributed by atoms with van der Waals surface area (Å²) >= 11 is 0. The van der Waals surface area contributed by atoms with Gasteiger partial charge in [0.2, 0.25) is 11.8 Å². The average Bonchev–Trinajstić information content (AvgIpc) is 3.30. The Morgan fingerprint density at radius 3 is 1.95 bits per heavy atom. The summed E-state index contributed by atoms with van der Waals surface area (Å²) in [6.07, 6.45) is 3.40. The van der Waals surface area contributed by atoms with E-state index in [1.54, 1.807) is 0 Å². The summed E-state index contributed by atoms with van der Waals surface area (Å²) in [5, 5.41) is 17.9. The van der Waals surface area contributed by atoms with Crippen LogP contribution in [0.1, 0.15) is 25.7 Å². The van der Waals surface area contributed by atoms with Crippen LogP contribution in [0.5, 0.6) is 0 Å². The lowest BCUT2D eigenvalue weighted by Gasteiger charge is -2.34. The van der Waals surface area contributed by atoms with E-state index >= 15 is 0 Å². The second kappa shape index (κ2) is 7.04. The summed E-state index contributed by atoms with van der Waals surface area (Å²) in [5.41, 5.74) is 0. The maximum Gasteiger partial charge on any atom is 0.225 e. The number of hydrogen-bond acceptors (Lipinski definition) is 4. The van der Waals surface area contributed by atoms with Crippen LogP contribution >= 0.6 is 0 Å². The summed E-state index contributed by atoms with van der Waals surface area (Å²) in [7, 11) is 0. The molecular formula is C14H24N2O4. The van der Waals surface area contributed by atoms with Crippen molar-refractivity contribution in [3.05, 3.63) is 0 Å². The molecule has 0 spiro atoms. The molecule has 2 N–H and O–H groups in total. The highest BCUT2D eigenvalue weighted by Crippen LogP contribution is 2.32. The first-order valence-corrected chi connectivity index (χ1v) is 7.46. The molecular weight excluding hydrogens is 260 g/mol. The Labute approximate surface area is 119 Å². The number of amides is 2. The average molecular weight is 284 g/mol. The highest BCUT2D eigenvalue weighted by molar-refractivity contribution is 5.82.